The van der Waals surface area contributed by atoms with Crippen LogP contribution in [0, 0.1) is 13.8 Å². The molecule has 1 aliphatic heterocycles. The Morgan fingerprint density at radius 2 is 2.04 bits per heavy atom. The van der Waals surface area contributed by atoms with E-state index in [4.69, 9.17) is 4.98 Å². The molecular weight excluding hydrogens is 322 g/mol. The topological polar surface area (TPSA) is 38.1 Å². The number of allylic oxidation sites excluding steroid dienone is 1. The van der Waals surface area contributed by atoms with Gasteiger partial charge in [-0.05, 0) is 37.6 Å². The largest absolute Gasteiger partial charge is 0.324 e. The van der Waals surface area contributed by atoms with Crippen LogP contribution in [0.25, 0.3) is 11.0 Å². The molecule has 1 aliphatic rings. The molecule has 0 N–H and O–H groups in total. The van der Waals surface area contributed by atoms with E-state index in [1.807, 2.05) is 29.2 Å². The Balaban J connectivity index is 1.72. The molecule has 132 valence electrons. The maximum atomic E-state index is 12.7. The Kier molecular flexibility index (Phi) is 4.11. The summed E-state index contributed by atoms with van der Waals surface area (Å²) in [5, 5.41) is 0. The lowest BCUT2D eigenvalue weighted by atomic mass is 10.1. The molecular formula is C22H23N3O. The van der Waals surface area contributed by atoms with Gasteiger partial charge in [-0.3, -0.25) is 4.79 Å². The SMILES string of the molecule is C=CCn1c([C@H]2CC(=O)N(c3ccc(C)cc3C)C2)nc2ccccc21. The number of carbonyl (C=O) groups is 1. The van der Waals surface area contributed by atoms with Gasteiger partial charge in [-0.25, -0.2) is 4.98 Å². The number of hydrogen-bond acceptors (Lipinski definition) is 2. The van der Waals surface area contributed by atoms with Gasteiger partial charge >= 0.3 is 0 Å². The van der Waals surface area contributed by atoms with Crippen LogP contribution in [0.5, 0.6) is 0 Å². The van der Waals surface area contributed by atoms with E-state index in [2.05, 4.69) is 49.3 Å². The van der Waals surface area contributed by atoms with E-state index in [-0.39, 0.29) is 11.8 Å². The lowest BCUT2D eigenvalue weighted by molar-refractivity contribution is -0.117. The first-order chi connectivity index (χ1) is 12.6. The van der Waals surface area contributed by atoms with Gasteiger partial charge in [0.25, 0.3) is 0 Å². The number of aromatic nitrogens is 2. The molecule has 1 amide bonds. The fraction of sp³-hybridized carbons (Fsp3) is 0.273. The number of benzene rings is 2. The van der Waals surface area contributed by atoms with E-state index in [0.717, 1.165) is 28.1 Å². The fourth-order valence-electron chi connectivity index (χ4n) is 3.95. The molecule has 4 nitrogen and oxygen atoms in total. The van der Waals surface area contributed by atoms with E-state index in [1.165, 1.54) is 5.56 Å². The van der Waals surface area contributed by atoms with Gasteiger partial charge in [-0.2, -0.15) is 0 Å². The second-order valence-electron chi connectivity index (χ2n) is 7.05. The van der Waals surface area contributed by atoms with Gasteiger partial charge in [0.2, 0.25) is 5.91 Å². The summed E-state index contributed by atoms with van der Waals surface area (Å²) in [4.78, 5) is 19.5. The van der Waals surface area contributed by atoms with Crippen LogP contribution in [0.4, 0.5) is 5.69 Å². The van der Waals surface area contributed by atoms with E-state index < -0.39 is 0 Å². The molecule has 0 spiro atoms. The molecule has 1 aromatic heterocycles. The first-order valence-electron chi connectivity index (χ1n) is 9.02. The lowest BCUT2D eigenvalue weighted by Crippen LogP contribution is -2.25. The highest BCUT2D eigenvalue weighted by Crippen LogP contribution is 2.34. The Labute approximate surface area is 153 Å². The molecule has 0 unspecified atom stereocenters. The first-order valence-corrected chi connectivity index (χ1v) is 9.02. The number of fused-ring (bicyclic) bond motifs is 1. The quantitative estimate of drug-likeness (QED) is 0.659. The highest BCUT2D eigenvalue weighted by molar-refractivity contribution is 5.97. The number of para-hydroxylation sites is 2. The van der Waals surface area contributed by atoms with Crippen molar-refractivity contribution >= 4 is 22.6 Å². The second-order valence-corrected chi connectivity index (χ2v) is 7.05. The highest BCUT2D eigenvalue weighted by atomic mass is 16.2. The molecule has 2 aromatic carbocycles. The summed E-state index contributed by atoms with van der Waals surface area (Å²) < 4.78 is 2.19. The standard InChI is InChI=1S/C22H23N3O/c1-4-11-24-20-8-6-5-7-18(20)23-22(24)17-13-21(26)25(14-17)19-10-9-15(2)12-16(19)3/h4-10,12,17H,1,11,13-14H2,2-3H3/t17-/m0/s1. The Morgan fingerprint density at radius 1 is 1.23 bits per heavy atom. The van der Waals surface area contributed by atoms with Crippen LogP contribution in [-0.4, -0.2) is 22.0 Å². The third-order valence-electron chi connectivity index (χ3n) is 5.13. The van der Waals surface area contributed by atoms with Crippen molar-refractivity contribution in [2.45, 2.75) is 32.7 Å². The van der Waals surface area contributed by atoms with Crippen LogP contribution < -0.4 is 4.90 Å². The molecule has 1 saturated heterocycles. The third kappa shape index (κ3) is 2.71. The molecule has 0 bridgehead atoms. The summed E-state index contributed by atoms with van der Waals surface area (Å²) in [6, 6.07) is 14.4. The van der Waals surface area contributed by atoms with Gasteiger partial charge in [-0.1, -0.05) is 35.9 Å². The van der Waals surface area contributed by atoms with Crippen LogP contribution >= 0.6 is 0 Å². The molecule has 3 aromatic rings. The first kappa shape index (κ1) is 16.6. The van der Waals surface area contributed by atoms with Gasteiger partial charge in [0, 0.05) is 31.1 Å². The summed E-state index contributed by atoms with van der Waals surface area (Å²) in [6.07, 6.45) is 2.38. The fourth-order valence-corrected chi connectivity index (χ4v) is 3.95. The van der Waals surface area contributed by atoms with Crippen LogP contribution in [0.15, 0.2) is 55.1 Å². The lowest BCUT2D eigenvalue weighted by Gasteiger charge is -2.19. The molecule has 0 aliphatic carbocycles. The van der Waals surface area contributed by atoms with Crippen molar-refractivity contribution in [3.8, 4) is 0 Å². The van der Waals surface area contributed by atoms with Gasteiger partial charge < -0.3 is 9.47 Å². The molecule has 4 rings (SSSR count). The molecule has 0 radical (unpaired) electrons. The molecule has 2 heterocycles. The average Bonchev–Trinajstić information content (AvgIpc) is 3.17. The maximum absolute atomic E-state index is 12.7. The minimum atomic E-state index is 0.0931. The van der Waals surface area contributed by atoms with E-state index in [9.17, 15) is 4.79 Å². The Bertz CT molecular complexity index is 1000. The van der Waals surface area contributed by atoms with Crippen molar-refractivity contribution < 1.29 is 4.79 Å². The Morgan fingerprint density at radius 3 is 2.81 bits per heavy atom. The molecule has 1 fully saturated rings. The monoisotopic (exact) mass is 345 g/mol. The Hall–Kier alpha value is -2.88. The van der Waals surface area contributed by atoms with Gasteiger partial charge in [0.1, 0.15) is 5.82 Å². The summed E-state index contributed by atoms with van der Waals surface area (Å²) >= 11 is 0. The van der Waals surface area contributed by atoms with Crippen molar-refractivity contribution in [2.75, 3.05) is 11.4 Å². The number of anilines is 1. The minimum absolute atomic E-state index is 0.0931. The number of carbonyl (C=O) groups excluding carboxylic acids is 1. The molecule has 1 atom stereocenters. The predicted octanol–water partition coefficient (Wildman–Crippen LogP) is 4.36. The minimum Gasteiger partial charge on any atom is -0.324 e. The summed E-state index contributed by atoms with van der Waals surface area (Å²) in [5.41, 5.74) is 5.43. The molecule has 26 heavy (non-hydrogen) atoms. The van der Waals surface area contributed by atoms with E-state index >= 15 is 0 Å². The number of rotatable bonds is 4. The van der Waals surface area contributed by atoms with Crippen LogP contribution in [-0.2, 0) is 11.3 Å². The summed E-state index contributed by atoms with van der Waals surface area (Å²) in [6.45, 7) is 9.39. The highest BCUT2D eigenvalue weighted by Gasteiger charge is 2.35. The number of aryl methyl sites for hydroxylation is 2. The zero-order valence-electron chi connectivity index (χ0n) is 15.3. The van der Waals surface area contributed by atoms with Gasteiger partial charge in [-0.15, -0.1) is 6.58 Å². The third-order valence-corrected chi connectivity index (χ3v) is 5.13. The summed E-state index contributed by atoms with van der Waals surface area (Å²) in [7, 11) is 0. The predicted molar refractivity (Wildman–Crippen MR) is 106 cm³/mol. The number of amides is 1. The molecule has 4 heteroatoms. The normalized spacial score (nSPS) is 17.2. The van der Waals surface area contributed by atoms with Crippen LogP contribution in [0.2, 0.25) is 0 Å². The maximum Gasteiger partial charge on any atom is 0.227 e. The van der Waals surface area contributed by atoms with Crippen LogP contribution in [0.1, 0.15) is 29.3 Å². The van der Waals surface area contributed by atoms with Gasteiger partial charge in [0.15, 0.2) is 0 Å². The molecule has 0 saturated carbocycles. The van der Waals surface area contributed by atoms with Crippen molar-refractivity contribution in [1.82, 2.24) is 9.55 Å². The second kappa shape index (κ2) is 6.45. The smallest absolute Gasteiger partial charge is 0.227 e. The van der Waals surface area contributed by atoms with Crippen molar-refractivity contribution in [2.24, 2.45) is 0 Å². The number of nitrogens with zero attached hydrogens (tertiary/aromatic N) is 3. The van der Waals surface area contributed by atoms with Gasteiger partial charge in [0.05, 0.1) is 11.0 Å². The zero-order chi connectivity index (χ0) is 18.3. The number of hydrogen-bond donors (Lipinski definition) is 0. The number of imidazole rings is 1. The van der Waals surface area contributed by atoms with E-state index in [1.54, 1.807) is 0 Å². The van der Waals surface area contributed by atoms with Crippen molar-refractivity contribution in [3.05, 3.63) is 72.1 Å². The van der Waals surface area contributed by atoms with Crippen molar-refractivity contribution in [1.29, 1.82) is 0 Å². The average molecular weight is 345 g/mol. The zero-order valence-corrected chi connectivity index (χ0v) is 15.3. The van der Waals surface area contributed by atoms with Crippen LogP contribution in [0.3, 0.4) is 0 Å². The summed E-state index contributed by atoms with van der Waals surface area (Å²) in [5.74, 6) is 1.24. The van der Waals surface area contributed by atoms with Crippen molar-refractivity contribution in [3.63, 3.8) is 0 Å². The van der Waals surface area contributed by atoms with E-state index in [0.29, 0.717) is 19.5 Å².